The summed E-state index contributed by atoms with van der Waals surface area (Å²) in [6, 6.07) is 8.08. The SMILES string of the molecule is CC[C@@H](O)[C@@](C)(O)[C@@H]1OC(=O)[C@H](C)[C@@H](O[C@H]2CC(C)(OC)[C@@H](O)C(C)O2)[C@H](C)[C@@H](O[C@@H]2OC(C)CC(N(C)Cc3ccc(C)cc3)C2O)[C@@]2(C)CC(C)C(O2)[C@@H]1C. The Balaban J connectivity index is 1.55. The van der Waals surface area contributed by atoms with E-state index in [1.807, 2.05) is 34.7 Å². The molecule has 4 heterocycles. The number of nitrogens with zero attached hydrogens (tertiary/aromatic N) is 1. The van der Waals surface area contributed by atoms with Crippen LogP contribution in [0.5, 0.6) is 0 Å². The molecule has 1 aromatic carbocycles. The number of aliphatic hydroxyl groups excluding tert-OH is 3. The number of methoxy groups -OCH3 is 1. The summed E-state index contributed by atoms with van der Waals surface area (Å²) in [4.78, 5) is 16.6. The maximum absolute atomic E-state index is 14.4. The van der Waals surface area contributed by atoms with Gasteiger partial charge in [0.2, 0.25) is 0 Å². The van der Waals surface area contributed by atoms with E-state index in [1.165, 1.54) is 19.6 Å². The molecule has 4 saturated heterocycles. The first kappa shape index (κ1) is 46.3. The highest BCUT2D eigenvalue weighted by molar-refractivity contribution is 5.73. The molecule has 1 aromatic rings. The lowest BCUT2D eigenvalue weighted by atomic mass is 9.76. The molecule has 0 aliphatic carbocycles. The fourth-order valence-corrected chi connectivity index (χ4v) is 10.2. The lowest BCUT2D eigenvalue weighted by molar-refractivity contribution is -0.318. The third-order valence-electron chi connectivity index (χ3n) is 13.8. The van der Waals surface area contributed by atoms with Gasteiger partial charge in [0, 0.05) is 38.0 Å². The van der Waals surface area contributed by atoms with E-state index >= 15 is 0 Å². The second-order valence-electron chi connectivity index (χ2n) is 18.7. The maximum atomic E-state index is 14.4. The molecule has 4 N–H and O–H groups in total. The van der Waals surface area contributed by atoms with E-state index in [4.69, 9.17) is 33.2 Å². The Morgan fingerprint density at radius 2 is 1.65 bits per heavy atom. The summed E-state index contributed by atoms with van der Waals surface area (Å²) >= 11 is 0. The third-order valence-corrected chi connectivity index (χ3v) is 13.8. The quantitative estimate of drug-likeness (QED) is 0.231. The van der Waals surface area contributed by atoms with Crippen molar-refractivity contribution in [2.45, 2.75) is 199 Å². The van der Waals surface area contributed by atoms with Crippen molar-refractivity contribution in [3.05, 3.63) is 35.4 Å². The zero-order valence-electron chi connectivity index (χ0n) is 36.6. The first-order valence-corrected chi connectivity index (χ1v) is 21.1. The number of aryl methyl sites for hydroxylation is 1. The van der Waals surface area contributed by atoms with Crippen LogP contribution in [0.25, 0.3) is 0 Å². The van der Waals surface area contributed by atoms with E-state index < -0.39 is 102 Å². The zero-order chi connectivity index (χ0) is 42.4. The van der Waals surface area contributed by atoms with Gasteiger partial charge >= 0.3 is 5.97 Å². The Morgan fingerprint density at radius 1 is 1.00 bits per heavy atom. The molecule has 2 bridgehead atoms. The molecule has 0 aromatic heterocycles. The third kappa shape index (κ3) is 9.59. The molecule has 4 aliphatic heterocycles. The molecule has 326 valence electrons. The number of benzene rings is 1. The predicted octanol–water partition coefficient (Wildman–Crippen LogP) is 4.50. The highest BCUT2D eigenvalue weighted by Gasteiger charge is 2.59. The molecule has 0 spiro atoms. The van der Waals surface area contributed by atoms with E-state index in [1.54, 1.807) is 27.7 Å². The second kappa shape index (κ2) is 18.1. The van der Waals surface area contributed by atoms with Gasteiger partial charge in [-0.25, -0.2) is 0 Å². The van der Waals surface area contributed by atoms with E-state index in [9.17, 15) is 25.2 Å². The molecule has 57 heavy (non-hydrogen) atoms. The van der Waals surface area contributed by atoms with Crippen LogP contribution in [0.3, 0.4) is 0 Å². The van der Waals surface area contributed by atoms with Gasteiger partial charge in [0.25, 0.3) is 0 Å². The van der Waals surface area contributed by atoms with Gasteiger partial charge in [0.05, 0.1) is 53.7 Å². The normalized spacial score (nSPS) is 44.9. The molecule has 0 amide bonds. The van der Waals surface area contributed by atoms with Gasteiger partial charge in [0.1, 0.15) is 23.9 Å². The Morgan fingerprint density at radius 3 is 2.26 bits per heavy atom. The van der Waals surface area contributed by atoms with Crippen LogP contribution < -0.4 is 0 Å². The van der Waals surface area contributed by atoms with Gasteiger partial charge in [0.15, 0.2) is 12.6 Å². The first-order valence-electron chi connectivity index (χ1n) is 21.1. The highest BCUT2D eigenvalue weighted by atomic mass is 16.7. The average molecular weight is 808 g/mol. The summed E-state index contributed by atoms with van der Waals surface area (Å²) < 4.78 is 45.7. The molecule has 19 atom stereocenters. The smallest absolute Gasteiger partial charge is 0.311 e. The monoisotopic (exact) mass is 808 g/mol. The van der Waals surface area contributed by atoms with Gasteiger partial charge in [-0.1, -0.05) is 57.5 Å². The van der Waals surface area contributed by atoms with Crippen LogP contribution in [-0.2, 0) is 44.5 Å². The number of hydrogen-bond acceptors (Lipinski definition) is 13. The topological polar surface area (TPSA) is 166 Å². The maximum Gasteiger partial charge on any atom is 0.311 e. The van der Waals surface area contributed by atoms with Crippen molar-refractivity contribution in [2.75, 3.05) is 14.2 Å². The molecule has 5 rings (SSSR count). The van der Waals surface area contributed by atoms with Gasteiger partial charge in [-0.2, -0.15) is 0 Å². The number of hydrogen-bond donors (Lipinski definition) is 4. The van der Waals surface area contributed by atoms with Crippen LogP contribution in [0, 0.1) is 30.6 Å². The van der Waals surface area contributed by atoms with E-state index in [-0.39, 0.29) is 30.9 Å². The van der Waals surface area contributed by atoms with Gasteiger partial charge in [-0.05, 0) is 86.3 Å². The summed E-state index contributed by atoms with van der Waals surface area (Å²) in [7, 11) is 3.54. The Kier molecular flexibility index (Phi) is 14.7. The second-order valence-corrected chi connectivity index (χ2v) is 18.7. The van der Waals surface area contributed by atoms with Gasteiger partial charge in [-0.3, -0.25) is 9.69 Å². The van der Waals surface area contributed by atoms with Crippen LogP contribution in [0.4, 0.5) is 0 Å². The fourth-order valence-electron chi connectivity index (χ4n) is 10.2. The number of rotatable bonds is 11. The zero-order valence-corrected chi connectivity index (χ0v) is 36.6. The standard InChI is InChI=1S/C44H73NO12/c1-14-32(46)44(11,50)39-26(5)35-24(3)20-43(10,57-35)38(56-41-34(47)31(19-25(4)52-41)45(12)22-30-17-15-23(2)16-18-30)27(6)36(28(7)40(49)55-39)54-33-21-42(9,51-13)37(48)29(8)53-33/h15-18,24-29,31-39,41,46-48,50H,14,19-22H2,1-13H3/t24?,25?,26-,27-,28+,29?,31?,32+,33-,34?,35?,36-,37-,38+,39+,41-,42?,43+,44+/m0/s1. The van der Waals surface area contributed by atoms with Crippen LogP contribution in [-0.4, -0.2) is 136 Å². The minimum atomic E-state index is -1.80. The van der Waals surface area contributed by atoms with E-state index in [2.05, 4.69) is 43.0 Å². The fraction of sp³-hybridized carbons (Fsp3) is 0.841. The van der Waals surface area contributed by atoms with Crippen molar-refractivity contribution in [1.82, 2.24) is 4.90 Å². The minimum absolute atomic E-state index is 0.0776. The summed E-state index contributed by atoms with van der Waals surface area (Å²) in [5.74, 6) is -2.76. The molecule has 0 radical (unpaired) electrons. The van der Waals surface area contributed by atoms with E-state index in [0.717, 1.165) is 5.56 Å². The first-order chi connectivity index (χ1) is 26.6. The summed E-state index contributed by atoms with van der Waals surface area (Å²) in [6.45, 7) is 21.1. The lowest BCUT2D eigenvalue weighted by Crippen LogP contribution is -2.60. The summed E-state index contributed by atoms with van der Waals surface area (Å²) in [6.07, 6.45) is -7.72. The summed E-state index contributed by atoms with van der Waals surface area (Å²) in [5, 5.41) is 46.0. The molecule has 7 unspecified atom stereocenters. The van der Waals surface area contributed by atoms with Gasteiger partial charge in [-0.15, -0.1) is 0 Å². The van der Waals surface area contributed by atoms with Crippen molar-refractivity contribution < 1.29 is 58.4 Å². The number of cyclic esters (lactones) is 1. The lowest BCUT2D eigenvalue weighted by Gasteiger charge is -2.48. The van der Waals surface area contributed by atoms with Crippen molar-refractivity contribution in [3.8, 4) is 0 Å². The number of ether oxygens (including phenoxy) is 7. The molecule has 0 saturated carbocycles. The Hall–Kier alpha value is -1.75. The molecule has 13 nitrogen and oxygen atoms in total. The number of aliphatic hydroxyl groups is 4. The van der Waals surface area contributed by atoms with Crippen LogP contribution >= 0.6 is 0 Å². The molecule has 13 heteroatoms. The van der Waals surface area contributed by atoms with Crippen molar-refractivity contribution in [1.29, 1.82) is 0 Å². The van der Waals surface area contributed by atoms with Crippen molar-refractivity contribution in [3.63, 3.8) is 0 Å². The number of esters is 1. The molecule has 4 aliphatic rings. The minimum Gasteiger partial charge on any atom is -0.459 e. The Bertz CT molecular complexity index is 1480. The number of carbonyl (C=O) groups is 1. The molecule has 4 fully saturated rings. The largest absolute Gasteiger partial charge is 0.459 e. The van der Waals surface area contributed by atoms with E-state index in [0.29, 0.717) is 19.4 Å². The number of fused-ring (bicyclic) bond motifs is 2. The van der Waals surface area contributed by atoms with Crippen LogP contribution in [0.1, 0.15) is 106 Å². The van der Waals surface area contributed by atoms with Crippen molar-refractivity contribution in [2.24, 2.45) is 23.7 Å². The molecular weight excluding hydrogens is 734 g/mol. The Labute approximate surface area is 340 Å². The molecular formula is C44H73NO12. The predicted molar refractivity (Wildman–Crippen MR) is 213 cm³/mol. The average Bonchev–Trinajstić information content (AvgIpc) is 3.48. The number of likely N-dealkylation sites (N-methyl/N-ethyl adjacent to an activating group) is 1. The van der Waals surface area contributed by atoms with Crippen LogP contribution in [0.2, 0.25) is 0 Å². The van der Waals surface area contributed by atoms with Crippen molar-refractivity contribution >= 4 is 5.97 Å². The highest BCUT2D eigenvalue weighted by Crippen LogP contribution is 2.48. The summed E-state index contributed by atoms with van der Waals surface area (Å²) in [5.41, 5.74) is -1.47. The van der Waals surface area contributed by atoms with Gasteiger partial charge < -0.3 is 53.6 Å². The van der Waals surface area contributed by atoms with Crippen LogP contribution in [0.15, 0.2) is 24.3 Å². The number of carbonyl (C=O) groups excluding carboxylic acids is 1.